The number of quaternary nitrogens is 1. The summed E-state index contributed by atoms with van der Waals surface area (Å²) in [5.41, 5.74) is 5.98. The first-order valence-corrected chi connectivity index (χ1v) is 9.12. The van der Waals surface area contributed by atoms with Crippen molar-refractivity contribution in [1.82, 2.24) is 0 Å². The molecule has 1 aliphatic heterocycles. The monoisotopic (exact) mass is 333 g/mol. The number of amides is 1. The second-order valence-electron chi connectivity index (χ2n) is 7.21. The zero-order valence-corrected chi connectivity index (χ0v) is 14.5. The highest BCUT2D eigenvalue weighted by molar-refractivity contribution is 5.74. The molecular weight excluding hydrogens is 304 g/mol. The standard InChI is InChI=1S/C19H28N2O3/c1-2-24-16-9-4-3-7-14(16)18-15-8-5-6-10-19(15,23)11-12-21(18)13-17(20)22/h3-4,7,9,15,18,23H,2,5-6,8,10-13H2,1H3,(H2,20,22)/p+1/t15-,18-,19+/m1/s1. The lowest BCUT2D eigenvalue weighted by atomic mass is 9.66. The summed E-state index contributed by atoms with van der Waals surface area (Å²) in [4.78, 5) is 12.8. The second-order valence-corrected chi connectivity index (χ2v) is 7.21. The molecule has 132 valence electrons. The number of carbonyl (C=O) groups excluding carboxylic acids is 1. The minimum Gasteiger partial charge on any atom is -0.493 e. The number of nitrogens with two attached hydrogens (primary N) is 1. The first kappa shape index (κ1) is 17.2. The molecule has 0 bridgehead atoms. The Bertz CT molecular complexity index is 592. The van der Waals surface area contributed by atoms with Crippen molar-refractivity contribution < 1.29 is 19.5 Å². The van der Waals surface area contributed by atoms with E-state index in [0.717, 1.165) is 54.9 Å². The number of hydrogen-bond donors (Lipinski definition) is 3. The lowest BCUT2D eigenvalue weighted by Crippen LogP contribution is -3.16. The van der Waals surface area contributed by atoms with Crippen molar-refractivity contribution in [2.75, 3.05) is 19.7 Å². The van der Waals surface area contributed by atoms with Crippen LogP contribution in [-0.2, 0) is 4.79 Å². The molecule has 1 heterocycles. The molecule has 1 aromatic rings. The summed E-state index contributed by atoms with van der Waals surface area (Å²) in [6, 6.07) is 8.10. The Morgan fingerprint density at radius 1 is 1.38 bits per heavy atom. The van der Waals surface area contributed by atoms with E-state index >= 15 is 0 Å². The molecule has 1 saturated carbocycles. The van der Waals surface area contributed by atoms with Crippen LogP contribution in [0.1, 0.15) is 50.6 Å². The number of nitrogens with one attached hydrogen (secondary N) is 1. The van der Waals surface area contributed by atoms with Crippen LogP contribution < -0.4 is 15.4 Å². The van der Waals surface area contributed by atoms with Gasteiger partial charge in [-0.15, -0.1) is 0 Å². The lowest BCUT2D eigenvalue weighted by Gasteiger charge is -2.50. The van der Waals surface area contributed by atoms with Crippen LogP contribution in [0.3, 0.4) is 0 Å². The number of primary amides is 1. The van der Waals surface area contributed by atoms with Gasteiger partial charge in [-0.1, -0.05) is 25.0 Å². The van der Waals surface area contributed by atoms with Crippen molar-refractivity contribution in [2.24, 2.45) is 11.7 Å². The van der Waals surface area contributed by atoms with E-state index in [0.29, 0.717) is 13.2 Å². The summed E-state index contributed by atoms with van der Waals surface area (Å²) in [7, 11) is 0. The SMILES string of the molecule is CCOc1ccccc1[C@@H]1[C@H]2CCCC[C@]2(O)CC[NH+]1CC(N)=O. The van der Waals surface area contributed by atoms with Gasteiger partial charge in [0.05, 0.1) is 24.3 Å². The summed E-state index contributed by atoms with van der Waals surface area (Å²) >= 11 is 0. The number of likely N-dealkylation sites (tertiary alicyclic amines) is 1. The van der Waals surface area contributed by atoms with Crippen molar-refractivity contribution in [3.8, 4) is 5.75 Å². The first-order chi connectivity index (χ1) is 11.5. The molecule has 0 radical (unpaired) electrons. The van der Waals surface area contributed by atoms with Gasteiger partial charge in [-0.2, -0.15) is 0 Å². The van der Waals surface area contributed by atoms with Crippen LogP contribution in [0, 0.1) is 5.92 Å². The summed E-state index contributed by atoms with van der Waals surface area (Å²) in [5, 5.41) is 11.2. The Hall–Kier alpha value is -1.59. The van der Waals surface area contributed by atoms with E-state index in [-0.39, 0.29) is 17.9 Å². The third kappa shape index (κ3) is 3.28. The molecule has 1 aromatic carbocycles. The molecule has 1 saturated heterocycles. The van der Waals surface area contributed by atoms with E-state index in [1.807, 2.05) is 25.1 Å². The molecule has 3 rings (SSSR count). The van der Waals surface area contributed by atoms with Crippen molar-refractivity contribution in [1.29, 1.82) is 0 Å². The molecule has 2 aliphatic rings. The third-order valence-electron chi connectivity index (χ3n) is 5.74. The molecule has 4 N–H and O–H groups in total. The van der Waals surface area contributed by atoms with Gasteiger partial charge in [0.15, 0.2) is 6.54 Å². The van der Waals surface area contributed by atoms with E-state index in [1.165, 1.54) is 0 Å². The molecule has 1 aliphatic carbocycles. The number of ether oxygens (including phenoxy) is 1. The van der Waals surface area contributed by atoms with Crippen LogP contribution in [-0.4, -0.2) is 36.3 Å². The zero-order chi connectivity index (χ0) is 17.2. The predicted octanol–water partition coefficient (Wildman–Crippen LogP) is 0.822. The summed E-state index contributed by atoms with van der Waals surface area (Å²) in [5.74, 6) is 0.725. The molecule has 1 unspecified atom stereocenters. The molecule has 0 spiro atoms. The topological polar surface area (TPSA) is 77.0 Å². The lowest BCUT2D eigenvalue weighted by molar-refractivity contribution is -0.937. The number of fused-ring (bicyclic) bond motifs is 1. The van der Waals surface area contributed by atoms with Gasteiger partial charge in [-0.05, 0) is 31.9 Å². The fourth-order valence-electron chi connectivity index (χ4n) is 4.74. The van der Waals surface area contributed by atoms with Gasteiger partial charge < -0.3 is 20.5 Å². The molecular formula is C19H29N2O3+. The summed E-state index contributed by atoms with van der Waals surface area (Å²) in [6.07, 6.45) is 4.80. The van der Waals surface area contributed by atoms with Crippen molar-refractivity contribution >= 4 is 5.91 Å². The minimum absolute atomic E-state index is 0.0549. The average Bonchev–Trinajstić information content (AvgIpc) is 2.55. The summed E-state index contributed by atoms with van der Waals surface area (Å²) in [6.45, 7) is 3.64. The van der Waals surface area contributed by atoms with Crippen molar-refractivity contribution in [3.63, 3.8) is 0 Å². The Morgan fingerprint density at radius 2 is 2.17 bits per heavy atom. The number of para-hydroxylation sites is 1. The number of carbonyl (C=O) groups is 1. The molecule has 0 aromatic heterocycles. The normalized spacial score (nSPS) is 32.8. The van der Waals surface area contributed by atoms with Crippen LogP contribution in [0.15, 0.2) is 24.3 Å². The van der Waals surface area contributed by atoms with Gasteiger partial charge in [-0.3, -0.25) is 4.79 Å². The highest BCUT2D eigenvalue weighted by Gasteiger charge is 2.52. The number of aliphatic hydroxyl groups is 1. The summed E-state index contributed by atoms with van der Waals surface area (Å²) < 4.78 is 5.85. The quantitative estimate of drug-likeness (QED) is 0.747. The predicted molar refractivity (Wildman–Crippen MR) is 91.8 cm³/mol. The van der Waals surface area contributed by atoms with E-state index in [4.69, 9.17) is 10.5 Å². The number of piperidine rings is 1. The van der Waals surface area contributed by atoms with Crippen LogP contribution in [0.5, 0.6) is 5.75 Å². The first-order valence-electron chi connectivity index (χ1n) is 9.12. The van der Waals surface area contributed by atoms with E-state index in [9.17, 15) is 9.90 Å². The molecule has 1 amide bonds. The van der Waals surface area contributed by atoms with Gasteiger partial charge >= 0.3 is 0 Å². The van der Waals surface area contributed by atoms with Crippen molar-refractivity contribution in [2.45, 2.75) is 50.7 Å². The number of benzene rings is 1. The van der Waals surface area contributed by atoms with E-state index in [1.54, 1.807) is 0 Å². The van der Waals surface area contributed by atoms with E-state index < -0.39 is 5.60 Å². The Kier molecular flexibility index (Phi) is 5.11. The number of hydrogen-bond acceptors (Lipinski definition) is 3. The second kappa shape index (κ2) is 7.11. The largest absolute Gasteiger partial charge is 0.493 e. The Balaban J connectivity index is 2.01. The highest BCUT2D eigenvalue weighted by atomic mass is 16.5. The van der Waals surface area contributed by atoms with Gasteiger partial charge in [-0.25, -0.2) is 0 Å². The molecule has 2 fully saturated rings. The molecule has 4 atom stereocenters. The van der Waals surface area contributed by atoms with Crippen LogP contribution >= 0.6 is 0 Å². The Morgan fingerprint density at radius 3 is 2.92 bits per heavy atom. The number of rotatable bonds is 5. The maximum Gasteiger partial charge on any atom is 0.272 e. The minimum atomic E-state index is -0.622. The van der Waals surface area contributed by atoms with Gasteiger partial charge in [0, 0.05) is 12.3 Å². The smallest absolute Gasteiger partial charge is 0.272 e. The fourth-order valence-corrected chi connectivity index (χ4v) is 4.74. The fraction of sp³-hybridized carbons (Fsp3) is 0.632. The van der Waals surface area contributed by atoms with Gasteiger partial charge in [0.2, 0.25) is 0 Å². The van der Waals surface area contributed by atoms with Crippen molar-refractivity contribution in [3.05, 3.63) is 29.8 Å². The van der Waals surface area contributed by atoms with Gasteiger partial charge in [0.1, 0.15) is 11.8 Å². The maximum absolute atomic E-state index is 11.6. The molecule has 5 heteroatoms. The third-order valence-corrected chi connectivity index (χ3v) is 5.74. The average molecular weight is 333 g/mol. The zero-order valence-electron chi connectivity index (χ0n) is 14.5. The Labute approximate surface area is 143 Å². The highest BCUT2D eigenvalue weighted by Crippen LogP contribution is 2.45. The maximum atomic E-state index is 11.6. The van der Waals surface area contributed by atoms with Gasteiger partial charge in [0.25, 0.3) is 5.91 Å². The molecule has 5 nitrogen and oxygen atoms in total. The van der Waals surface area contributed by atoms with Crippen LogP contribution in [0.2, 0.25) is 0 Å². The van der Waals surface area contributed by atoms with E-state index in [2.05, 4.69) is 6.07 Å². The van der Waals surface area contributed by atoms with Crippen LogP contribution in [0.25, 0.3) is 0 Å². The molecule has 24 heavy (non-hydrogen) atoms. The van der Waals surface area contributed by atoms with Crippen LogP contribution in [0.4, 0.5) is 0 Å².